The average molecular weight is 419 g/mol. The molecule has 0 atom stereocenters. The topological polar surface area (TPSA) is 6.48 Å². The standard InChI is InChI=1S/C20H22N2S4/c23-19(25-15-17-7-3-1-4-8-17)21-11-13-22(14-12-21)20(24)26-16-18-9-5-2-6-10-18/h1-10H,11-16H2. The van der Waals surface area contributed by atoms with Crippen molar-refractivity contribution in [2.24, 2.45) is 0 Å². The zero-order chi connectivity index (χ0) is 18.2. The second kappa shape index (κ2) is 10.3. The van der Waals surface area contributed by atoms with Gasteiger partial charge in [0.1, 0.15) is 8.64 Å². The maximum atomic E-state index is 5.62. The molecule has 0 bridgehead atoms. The Morgan fingerprint density at radius 1 is 0.654 bits per heavy atom. The molecule has 1 aliphatic heterocycles. The summed E-state index contributed by atoms with van der Waals surface area (Å²) >= 11 is 14.8. The maximum absolute atomic E-state index is 5.62. The average Bonchev–Trinajstić information content (AvgIpc) is 2.72. The third kappa shape index (κ3) is 5.98. The Labute approximate surface area is 175 Å². The second-order valence-corrected chi connectivity index (χ2v) is 9.27. The van der Waals surface area contributed by atoms with Crippen LogP contribution in [0.1, 0.15) is 11.1 Å². The van der Waals surface area contributed by atoms with E-state index in [1.807, 2.05) is 12.1 Å². The van der Waals surface area contributed by atoms with Gasteiger partial charge in [-0.2, -0.15) is 0 Å². The zero-order valence-electron chi connectivity index (χ0n) is 14.5. The van der Waals surface area contributed by atoms with E-state index in [1.54, 1.807) is 23.5 Å². The minimum atomic E-state index is 0.936. The molecule has 6 heteroatoms. The monoisotopic (exact) mass is 418 g/mol. The molecule has 0 aliphatic carbocycles. The smallest absolute Gasteiger partial charge is 0.136 e. The minimum absolute atomic E-state index is 0.936. The number of thioether (sulfide) groups is 2. The van der Waals surface area contributed by atoms with Gasteiger partial charge in [0.05, 0.1) is 0 Å². The molecule has 1 heterocycles. The van der Waals surface area contributed by atoms with E-state index in [9.17, 15) is 0 Å². The number of nitrogens with zero attached hydrogens (tertiary/aromatic N) is 2. The van der Waals surface area contributed by atoms with Crippen LogP contribution in [0, 0.1) is 0 Å². The lowest BCUT2D eigenvalue weighted by Crippen LogP contribution is -2.48. The molecule has 3 rings (SSSR count). The Morgan fingerprint density at radius 3 is 1.35 bits per heavy atom. The molecule has 1 saturated heterocycles. The summed E-state index contributed by atoms with van der Waals surface area (Å²) in [6, 6.07) is 21.0. The molecular formula is C20H22N2S4. The van der Waals surface area contributed by atoms with Crippen LogP contribution in [0.4, 0.5) is 0 Å². The Hall–Kier alpha value is -1.08. The Balaban J connectivity index is 1.39. The first-order valence-electron chi connectivity index (χ1n) is 8.63. The molecule has 2 nitrogen and oxygen atoms in total. The Morgan fingerprint density at radius 2 is 1.00 bits per heavy atom. The van der Waals surface area contributed by atoms with Crippen LogP contribution < -0.4 is 0 Å². The third-order valence-electron chi connectivity index (χ3n) is 4.21. The summed E-state index contributed by atoms with van der Waals surface area (Å²) in [6.07, 6.45) is 0. The normalized spacial score (nSPS) is 14.3. The van der Waals surface area contributed by atoms with Crippen molar-refractivity contribution >= 4 is 56.6 Å². The van der Waals surface area contributed by atoms with Crippen LogP contribution in [0.5, 0.6) is 0 Å². The summed E-state index contributed by atoms with van der Waals surface area (Å²) in [5, 5.41) is 0. The molecule has 0 spiro atoms. The van der Waals surface area contributed by atoms with Crippen molar-refractivity contribution in [2.75, 3.05) is 26.2 Å². The van der Waals surface area contributed by atoms with Crippen LogP contribution >= 0.6 is 48.0 Å². The first-order valence-corrected chi connectivity index (χ1v) is 11.4. The number of benzene rings is 2. The fraction of sp³-hybridized carbons (Fsp3) is 0.300. The molecule has 136 valence electrons. The van der Waals surface area contributed by atoms with Crippen molar-refractivity contribution in [1.82, 2.24) is 9.80 Å². The highest BCUT2D eigenvalue weighted by Gasteiger charge is 2.21. The molecule has 26 heavy (non-hydrogen) atoms. The molecule has 1 aliphatic rings. The summed E-state index contributed by atoms with van der Waals surface area (Å²) in [4.78, 5) is 4.62. The molecule has 0 radical (unpaired) electrons. The summed E-state index contributed by atoms with van der Waals surface area (Å²) in [5.74, 6) is 1.87. The van der Waals surface area contributed by atoms with Crippen LogP contribution in [-0.4, -0.2) is 44.6 Å². The SMILES string of the molecule is S=C(SCc1ccccc1)N1CCN(C(=S)SCc2ccccc2)CC1. The van der Waals surface area contributed by atoms with Crippen molar-refractivity contribution in [3.63, 3.8) is 0 Å². The summed E-state index contributed by atoms with van der Waals surface area (Å²) < 4.78 is 1.99. The molecule has 0 aromatic heterocycles. The lowest BCUT2D eigenvalue weighted by molar-refractivity contribution is 0.271. The Bertz CT molecular complexity index is 650. The first kappa shape index (κ1) is 19.7. The van der Waals surface area contributed by atoms with E-state index in [4.69, 9.17) is 24.4 Å². The fourth-order valence-corrected chi connectivity index (χ4v) is 5.11. The number of thiocarbonyl (C=S) groups is 2. The molecule has 2 aromatic carbocycles. The van der Waals surface area contributed by atoms with Crippen molar-refractivity contribution in [2.45, 2.75) is 11.5 Å². The van der Waals surface area contributed by atoms with Gasteiger partial charge in [-0.15, -0.1) is 0 Å². The van der Waals surface area contributed by atoms with Gasteiger partial charge in [-0.25, -0.2) is 0 Å². The lowest BCUT2D eigenvalue weighted by Gasteiger charge is -2.37. The molecule has 0 unspecified atom stereocenters. The highest BCUT2D eigenvalue weighted by molar-refractivity contribution is 8.22. The van der Waals surface area contributed by atoms with E-state index in [1.165, 1.54) is 11.1 Å². The Kier molecular flexibility index (Phi) is 7.80. The summed E-state index contributed by atoms with van der Waals surface area (Å²) in [5.41, 5.74) is 2.63. The van der Waals surface area contributed by atoms with Gasteiger partial charge in [0.2, 0.25) is 0 Å². The molecule has 1 fully saturated rings. The molecule has 0 N–H and O–H groups in total. The second-order valence-electron chi connectivity index (χ2n) is 6.05. The van der Waals surface area contributed by atoms with Crippen LogP contribution in [0.2, 0.25) is 0 Å². The van der Waals surface area contributed by atoms with Gasteiger partial charge in [-0.1, -0.05) is 109 Å². The van der Waals surface area contributed by atoms with Crippen LogP contribution in [-0.2, 0) is 11.5 Å². The van der Waals surface area contributed by atoms with Gasteiger partial charge in [-0.3, -0.25) is 0 Å². The number of piperazine rings is 1. The van der Waals surface area contributed by atoms with Gasteiger partial charge >= 0.3 is 0 Å². The molecule has 2 aromatic rings. The summed E-state index contributed by atoms with van der Waals surface area (Å²) in [6.45, 7) is 3.80. The van der Waals surface area contributed by atoms with Crippen molar-refractivity contribution in [3.05, 3.63) is 71.8 Å². The van der Waals surface area contributed by atoms with Crippen LogP contribution in [0.15, 0.2) is 60.7 Å². The highest BCUT2D eigenvalue weighted by Crippen LogP contribution is 2.21. The number of hydrogen-bond donors (Lipinski definition) is 0. The lowest BCUT2D eigenvalue weighted by atomic mass is 10.2. The van der Waals surface area contributed by atoms with E-state index in [0.29, 0.717) is 0 Å². The summed E-state index contributed by atoms with van der Waals surface area (Å²) in [7, 11) is 0. The van der Waals surface area contributed by atoms with Crippen LogP contribution in [0.25, 0.3) is 0 Å². The minimum Gasteiger partial charge on any atom is -0.354 e. The predicted molar refractivity (Wildman–Crippen MR) is 124 cm³/mol. The van der Waals surface area contributed by atoms with Gasteiger partial charge in [0.15, 0.2) is 0 Å². The van der Waals surface area contributed by atoms with E-state index in [2.05, 4.69) is 58.3 Å². The third-order valence-corrected chi connectivity index (χ3v) is 7.40. The van der Waals surface area contributed by atoms with Gasteiger partial charge in [-0.05, 0) is 11.1 Å². The zero-order valence-corrected chi connectivity index (χ0v) is 17.8. The van der Waals surface area contributed by atoms with Crippen molar-refractivity contribution in [3.8, 4) is 0 Å². The van der Waals surface area contributed by atoms with E-state index < -0.39 is 0 Å². The largest absolute Gasteiger partial charge is 0.354 e. The fourth-order valence-electron chi connectivity index (χ4n) is 2.69. The predicted octanol–water partition coefficient (Wildman–Crippen LogP) is 5.04. The van der Waals surface area contributed by atoms with Gasteiger partial charge in [0, 0.05) is 37.7 Å². The molecule has 0 amide bonds. The van der Waals surface area contributed by atoms with Gasteiger partial charge in [0.25, 0.3) is 0 Å². The van der Waals surface area contributed by atoms with Crippen molar-refractivity contribution < 1.29 is 0 Å². The van der Waals surface area contributed by atoms with E-state index >= 15 is 0 Å². The highest BCUT2D eigenvalue weighted by atomic mass is 32.2. The molecule has 0 saturated carbocycles. The number of rotatable bonds is 4. The van der Waals surface area contributed by atoms with Crippen LogP contribution in [0.3, 0.4) is 0 Å². The van der Waals surface area contributed by atoms with Gasteiger partial charge < -0.3 is 9.80 Å². The maximum Gasteiger partial charge on any atom is 0.136 e. The van der Waals surface area contributed by atoms with E-state index in [0.717, 1.165) is 46.3 Å². The first-order chi connectivity index (χ1) is 12.7. The number of hydrogen-bond acceptors (Lipinski definition) is 4. The molecular weight excluding hydrogens is 397 g/mol. The van der Waals surface area contributed by atoms with E-state index in [-0.39, 0.29) is 0 Å². The van der Waals surface area contributed by atoms with Crippen molar-refractivity contribution in [1.29, 1.82) is 0 Å². The quantitative estimate of drug-likeness (QED) is 0.637.